The third kappa shape index (κ3) is 10.6. The fourth-order valence-corrected chi connectivity index (χ4v) is 9.14. The Labute approximate surface area is 401 Å². The SMILES string of the molecule is c1ccc(N(Cc2cc(CN(c3ccccc3)c3ccccc3)cc(-c3cc(CN(c4ccccc4)c4ccccc4)cc(CN(c4ccccc4)c4ccccc4)c3)c2)c2ccccc2)cc1. The number of hydrogen-bond donors (Lipinski definition) is 0. The molecule has 0 radical (unpaired) electrons. The lowest BCUT2D eigenvalue weighted by atomic mass is 9.95. The summed E-state index contributed by atoms with van der Waals surface area (Å²) in [5, 5.41) is 0. The summed E-state index contributed by atoms with van der Waals surface area (Å²) in [7, 11) is 0. The Kier molecular flexibility index (Phi) is 13.5. The van der Waals surface area contributed by atoms with E-state index in [0.29, 0.717) is 26.2 Å². The van der Waals surface area contributed by atoms with Crippen molar-refractivity contribution in [3.8, 4) is 11.1 Å². The van der Waals surface area contributed by atoms with Crippen LogP contribution in [-0.2, 0) is 26.2 Å². The molecule has 0 atom stereocenters. The molecule has 0 aromatic heterocycles. The van der Waals surface area contributed by atoms with Gasteiger partial charge in [0.15, 0.2) is 0 Å². The van der Waals surface area contributed by atoms with Crippen LogP contribution in [-0.4, -0.2) is 0 Å². The molecule has 68 heavy (non-hydrogen) atoms. The topological polar surface area (TPSA) is 13.0 Å². The smallest absolute Gasteiger partial charge is 0.0482 e. The normalized spacial score (nSPS) is 10.9. The number of para-hydroxylation sites is 8. The number of anilines is 8. The van der Waals surface area contributed by atoms with E-state index in [2.05, 4.69) is 299 Å². The summed E-state index contributed by atoms with van der Waals surface area (Å²) in [4.78, 5) is 9.69. The third-order valence-corrected chi connectivity index (χ3v) is 12.3. The van der Waals surface area contributed by atoms with E-state index in [1.807, 2.05) is 0 Å². The minimum absolute atomic E-state index is 0.684. The van der Waals surface area contributed by atoms with Gasteiger partial charge < -0.3 is 19.6 Å². The van der Waals surface area contributed by atoms with Crippen molar-refractivity contribution in [2.75, 3.05) is 19.6 Å². The number of hydrogen-bond acceptors (Lipinski definition) is 4. The molecule has 4 nitrogen and oxygen atoms in total. The first-order chi connectivity index (χ1) is 33.7. The molecule has 4 heteroatoms. The van der Waals surface area contributed by atoms with Crippen molar-refractivity contribution in [1.82, 2.24) is 0 Å². The van der Waals surface area contributed by atoms with Crippen LogP contribution in [0.25, 0.3) is 11.1 Å². The molecule has 0 N–H and O–H groups in total. The molecule has 0 amide bonds. The first-order valence-electron chi connectivity index (χ1n) is 23.5. The Morgan fingerprint density at radius 1 is 0.176 bits per heavy atom. The van der Waals surface area contributed by atoms with Crippen LogP contribution < -0.4 is 19.6 Å². The van der Waals surface area contributed by atoms with Gasteiger partial charge in [-0.2, -0.15) is 0 Å². The molecule has 0 saturated carbocycles. The second-order valence-corrected chi connectivity index (χ2v) is 17.1. The highest BCUT2D eigenvalue weighted by molar-refractivity contribution is 5.72. The van der Waals surface area contributed by atoms with E-state index >= 15 is 0 Å². The first kappa shape index (κ1) is 43.3. The fraction of sp³-hybridized carbons (Fsp3) is 0.0625. The quantitative estimate of drug-likeness (QED) is 0.0903. The molecule has 0 heterocycles. The van der Waals surface area contributed by atoms with Gasteiger partial charge in [0.1, 0.15) is 0 Å². The molecule has 0 bridgehead atoms. The summed E-state index contributed by atoms with van der Waals surface area (Å²) < 4.78 is 0. The molecule has 10 aromatic carbocycles. The van der Waals surface area contributed by atoms with E-state index in [9.17, 15) is 0 Å². The van der Waals surface area contributed by atoms with Crippen molar-refractivity contribution >= 4 is 45.5 Å². The highest BCUT2D eigenvalue weighted by atomic mass is 15.2. The predicted octanol–water partition coefficient (Wildman–Crippen LogP) is 16.7. The summed E-state index contributed by atoms with van der Waals surface area (Å²) in [6.45, 7) is 2.74. The van der Waals surface area contributed by atoms with Crippen LogP contribution in [0.5, 0.6) is 0 Å². The molecular formula is C64H54N4. The van der Waals surface area contributed by atoms with Gasteiger partial charge in [-0.25, -0.2) is 0 Å². The largest absolute Gasteiger partial charge is 0.337 e. The van der Waals surface area contributed by atoms with Gasteiger partial charge in [-0.1, -0.05) is 158 Å². The summed E-state index contributed by atoms with van der Waals surface area (Å²) in [5.41, 5.74) is 16.4. The standard InChI is InChI=1S/C64H54N4/c1-9-25-57(26-10-1)65(58-27-11-2-12-28-58)47-51-41-52(48-66(59-29-13-3-14-30-59)60-31-15-4-16-32-60)44-55(43-51)56-45-53(49-67(61-33-17-5-18-34-61)62-35-19-6-20-36-62)42-54(46-56)50-68(63-37-21-7-22-38-63)64-39-23-8-24-40-64/h1-46H,47-50H2. The molecular weight excluding hydrogens is 825 g/mol. The van der Waals surface area contributed by atoms with Crippen molar-refractivity contribution < 1.29 is 0 Å². The fourth-order valence-electron chi connectivity index (χ4n) is 9.14. The minimum Gasteiger partial charge on any atom is -0.337 e. The van der Waals surface area contributed by atoms with Gasteiger partial charge in [0.05, 0.1) is 0 Å². The van der Waals surface area contributed by atoms with Crippen LogP contribution in [0.15, 0.2) is 279 Å². The maximum atomic E-state index is 2.42. The first-order valence-corrected chi connectivity index (χ1v) is 23.5. The average molecular weight is 879 g/mol. The number of rotatable bonds is 17. The van der Waals surface area contributed by atoms with Crippen LogP contribution in [0, 0.1) is 0 Å². The lowest BCUT2D eigenvalue weighted by Crippen LogP contribution is -2.19. The van der Waals surface area contributed by atoms with Crippen molar-refractivity contribution in [3.63, 3.8) is 0 Å². The molecule has 10 aromatic rings. The van der Waals surface area contributed by atoms with Crippen LogP contribution in [0.1, 0.15) is 22.3 Å². The molecule has 330 valence electrons. The predicted molar refractivity (Wildman–Crippen MR) is 287 cm³/mol. The molecule has 0 saturated heterocycles. The summed E-state index contributed by atoms with van der Waals surface area (Å²) in [5.74, 6) is 0. The van der Waals surface area contributed by atoms with Crippen LogP contribution >= 0.6 is 0 Å². The van der Waals surface area contributed by atoms with Gasteiger partial charge >= 0.3 is 0 Å². The third-order valence-electron chi connectivity index (χ3n) is 12.3. The maximum absolute atomic E-state index is 2.42. The lowest BCUT2D eigenvalue weighted by molar-refractivity contribution is 0.942. The molecule has 0 aliphatic heterocycles. The Balaban J connectivity index is 1.14. The van der Waals surface area contributed by atoms with Crippen LogP contribution in [0.3, 0.4) is 0 Å². The summed E-state index contributed by atoms with van der Waals surface area (Å²) in [6.07, 6.45) is 0. The maximum Gasteiger partial charge on any atom is 0.0482 e. The average Bonchev–Trinajstić information content (AvgIpc) is 3.42. The van der Waals surface area contributed by atoms with Gasteiger partial charge in [-0.05, 0) is 155 Å². The minimum atomic E-state index is 0.684. The van der Waals surface area contributed by atoms with Crippen molar-refractivity contribution in [1.29, 1.82) is 0 Å². The van der Waals surface area contributed by atoms with Crippen molar-refractivity contribution in [2.45, 2.75) is 26.2 Å². The van der Waals surface area contributed by atoms with E-state index in [4.69, 9.17) is 0 Å². The Bertz CT molecular complexity index is 2520. The van der Waals surface area contributed by atoms with E-state index in [1.165, 1.54) is 33.4 Å². The van der Waals surface area contributed by atoms with Crippen molar-refractivity contribution in [2.24, 2.45) is 0 Å². The number of benzene rings is 10. The molecule has 10 rings (SSSR count). The second kappa shape index (κ2) is 21.1. The molecule has 0 aliphatic rings. The Morgan fingerprint density at radius 2 is 0.324 bits per heavy atom. The molecule has 0 fully saturated rings. The molecule has 0 unspecified atom stereocenters. The van der Waals surface area contributed by atoms with Crippen LogP contribution in [0.2, 0.25) is 0 Å². The number of nitrogens with zero attached hydrogens (tertiary/aromatic N) is 4. The van der Waals surface area contributed by atoms with Gasteiger partial charge in [0.2, 0.25) is 0 Å². The van der Waals surface area contributed by atoms with Gasteiger partial charge in [-0.15, -0.1) is 0 Å². The lowest BCUT2D eigenvalue weighted by Gasteiger charge is -2.29. The van der Waals surface area contributed by atoms with Gasteiger partial charge in [0, 0.05) is 71.7 Å². The Morgan fingerprint density at radius 3 is 0.471 bits per heavy atom. The zero-order chi connectivity index (χ0) is 45.7. The monoisotopic (exact) mass is 878 g/mol. The summed E-state index contributed by atoms with van der Waals surface area (Å²) in [6, 6.07) is 100. The highest BCUT2D eigenvalue weighted by Crippen LogP contribution is 2.36. The van der Waals surface area contributed by atoms with E-state index in [0.717, 1.165) is 45.5 Å². The van der Waals surface area contributed by atoms with Crippen LogP contribution in [0.4, 0.5) is 45.5 Å². The van der Waals surface area contributed by atoms with E-state index in [1.54, 1.807) is 0 Å². The Hall–Kier alpha value is -8.60. The zero-order valence-electron chi connectivity index (χ0n) is 38.2. The second-order valence-electron chi connectivity index (χ2n) is 17.1. The highest BCUT2D eigenvalue weighted by Gasteiger charge is 2.19. The van der Waals surface area contributed by atoms with Crippen molar-refractivity contribution in [3.05, 3.63) is 301 Å². The summed E-state index contributed by atoms with van der Waals surface area (Å²) >= 11 is 0. The van der Waals surface area contributed by atoms with Gasteiger partial charge in [-0.3, -0.25) is 0 Å². The molecule has 0 spiro atoms. The van der Waals surface area contributed by atoms with E-state index in [-0.39, 0.29) is 0 Å². The zero-order valence-corrected chi connectivity index (χ0v) is 38.2. The van der Waals surface area contributed by atoms with E-state index < -0.39 is 0 Å². The molecule has 0 aliphatic carbocycles. The van der Waals surface area contributed by atoms with Gasteiger partial charge in [0.25, 0.3) is 0 Å².